The van der Waals surface area contributed by atoms with E-state index in [0.717, 1.165) is 0 Å². The Morgan fingerprint density at radius 3 is 2.67 bits per heavy atom. The second kappa shape index (κ2) is 12.3. The van der Waals surface area contributed by atoms with Crippen molar-refractivity contribution in [1.29, 1.82) is 0 Å². The predicted molar refractivity (Wildman–Crippen MR) is 168 cm³/mol. The first-order chi connectivity index (χ1) is 20.8. The number of aromatic nitrogens is 4. The van der Waals surface area contributed by atoms with Gasteiger partial charge in [-0.3, -0.25) is 14.2 Å². The average molecular weight is 572 g/mol. The van der Waals surface area contributed by atoms with Gasteiger partial charge in [0.1, 0.15) is 5.56 Å². The molecule has 1 amide bonds. The fourth-order valence-electron chi connectivity index (χ4n) is 4.75. The third-order valence-corrected chi connectivity index (χ3v) is 6.74. The lowest BCUT2D eigenvalue weighted by Crippen LogP contribution is -2.32. The van der Waals surface area contributed by atoms with Crippen molar-refractivity contribution in [3.05, 3.63) is 118 Å². The quantitative estimate of drug-likeness (QED) is 0.219. The summed E-state index contributed by atoms with van der Waals surface area (Å²) in [6, 6.07) is 19.5. The van der Waals surface area contributed by atoms with Crippen molar-refractivity contribution in [2.45, 2.75) is 13.0 Å². The monoisotopic (exact) mass is 571 g/mol. The molecule has 0 saturated heterocycles. The van der Waals surface area contributed by atoms with Gasteiger partial charge in [0.05, 0.1) is 18.5 Å². The smallest absolute Gasteiger partial charge is 0.264 e. The number of nitrogens with one attached hydrogen (secondary N) is 1. The van der Waals surface area contributed by atoms with Crippen molar-refractivity contribution in [1.82, 2.24) is 24.6 Å². The van der Waals surface area contributed by atoms with Gasteiger partial charge >= 0.3 is 0 Å². The molecule has 1 atom stereocenters. The first-order valence-corrected chi connectivity index (χ1v) is 13.4. The summed E-state index contributed by atoms with van der Waals surface area (Å²) in [5.74, 6) is 6.56. The van der Waals surface area contributed by atoms with Gasteiger partial charge in [0.15, 0.2) is 11.6 Å². The number of allylic oxidation sites excluding steroid dienone is 1. The Balaban J connectivity index is 1.63. The Labute approximate surface area is 248 Å². The van der Waals surface area contributed by atoms with Gasteiger partial charge in [0.2, 0.25) is 5.88 Å². The number of ether oxygens (including phenoxy) is 1. The van der Waals surface area contributed by atoms with Gasteiger partial charge in [0.25, 0.3) is 11.5 Å². The second-order valence-corrected chi connectivity index (χ2v) is 9.57. The zero-order chi connectivity index (χ0) is 30.5. The number of fused-ring (bicyclic) bond motifs is 1. The summed E-state index contributed by atoms with van der Waals surface area (Å²) in [6.45, 7) is 5.43. The van der Waals surface area contributed by atoms with Crippen molar-refractivity contribution in [2.75, 3.05) is 12.8 Å². The second-order valence-electron chi connectivity index (χ2n) is 9.57. The third kappa shape index (κ3) is 5.78. The molecule has 10 heteroatoms. The van der Waals surface area contributed by atoms with E-state index in [1.165, 1.54) is 17.0 Å². The Bertz CT molecular complexity index is 2000. The number of benzene rings is 2. The molecule has 0 radical (unpaired) electrons. The van der Waals surface area contributed by atoms with E-state index in [4.69, 9.17) is 10.5 Å². The maximum Gasteiger partial charge on any atom is 0.264 e. The van der Waals surface area contributed by atoms with Gasteiger partial charge in [0, 0.05) is 48.0 Å². The largest absolute Gasteiger partial charge is 0.481 e. The van der Waals surface area contributed by atoms with Crippen molar-refractivity contribution in [3.8, 4) is 23.4 Å². The first kappa shape index (κ1) is 28.6. The molecule has 0 aliphatic rings. The number of aryl methyl sites for hydroxylation is 1. The maximum atomic E-state index is 14.3. The fraction of sp³-hybridized carbons (Fsp3) is 0.121. The van der Waals surface area contributed by atoms with E-state index in [9.17, 15) is 9.59 Å². The Kier molecular flexibility index (Phi) is 8.16. The van der Waals surface area contributed by atoms with Gasteiger partial charge in [-0.25, -0.2) is 14.7 Å². The number of anilines is 1. The molecule has 10 nitrogen and oxygen atoms in total. The summed E-state index contributed by atoms with van der Waals surface area (Å²) >= 11 is 0. The minimum absolute atomic E-state index is 0.0393. The molecule has 0 aliphatic carbocycles. The van der Waals surface area contributed by atoms with Crippen LogP contribution in [-0.2, 0) is 7.05 Å². The highest BCUT2D eigenvalue weighted by atomic mass is 16.5. The topological polar surface area (TPSA) is 129 Å². The van der Waals surface area contributed by atoms with Crippen LogP contribution in [0.25, 0.3) is 16.5 Å². The normalized spacial score (nSPS) is 11.6. The van der Waals surface area contributed by atoms with Crippen LogP contribution in [0.15, 0.2) is 95.4 Å². The van der Waals surface area contributed by atoms with Crippen LogP contribution in [0.3, 0.4) is 0 Å². The van der Waals surface area contributed by atoms with Gasteiger partial charge in [-0.2, -0.15) is 5.10 Å². The molecule has 43 heavy (non-hydrogen) atoms. The van der Waals surface area contributed by atoms with Crippen LogP contribution >= 0.6 is 0 Å². The summed E-state index contributed by atoms with van der Waals surface area (Å²) in [6.07, 6.45) is 4.57. The number of para-hydroxylation sites is 1. The van der Waals surface area contributed by atoms with Gasteiger partial charge in [-0.1, -0.05) is 54.8 Å². The SMILES string of the molecule is C=C/C=N\c1c(C(=O)NC(C)c2cc3cccc(C#Cc4ccnc(OC)c4)c3c(=O)n2-c2ccccc2)c(N)nn1C. The Morgan fingerprint density at radius 2 is 1.93 bits per heavy atom. The lowest BCUT2D eigenvalue weighted by molar-refractivity contribution is 0.0940. The highest BCUT2D eigenvalue weighted by Crippen LogP contribution is 2.27. The van der Waals surface area contributed by atoms with Crippen LogP contribution in [0.1, 0.15) is 40.1 Å². The van der Waals surface area contributed by atoms with Crippen molar-refractivity contribution < 1.29 is 9.53 Å². The van der Waals surface area contributed by atoms with Gasteiger partial charge in [-0.05, 0) is 42.6 Å². The predicted octanol–water partition coefficient (Wildman–Crippen LogP) is 4.49. The molecule has 2 aromatic carbocycles. The molecule has 0 spiro atoms. The number of carbonyl (C=O) groups excluding carboxylic acids is 1. The van der Waals surface area contributed by atoms with E-state index >= 15 is 0 Å². The number of carbonyl (C=O) groups is 1. The molecular weight excluding hydrogens is 542 g/mol. The Morgan fingerprint density at radius 1 is 1.14 bits per heavy atom. The summed E-state index contributed by atoms with van der Waals surface area (Å²) < 4.78 is 8.22. The van der Waals surface area contributed by atoms with E-state index in [1.807, 2.05) is 54.6 Å². The summed E-state index contributed by atoms with van der Waals surface area (Å²) in [4.78, 5) is 36.1. The van der Waals surface area contributed by atoms with Crippen LogP contribution in [0.2, 0.25) is 0 Å². The number of pyridine rings is 2. The highest BCUT2D eigenvalue weighted by Gasteiger charge is 2.24. The number of nitrogen functional groups attached to an aromatic ring is 1. The van der Waals surface area contributed by atoms with Crippen LogP contribution in [0.4, 0.5) is 11.6 Å². The van der Waals surface area contributed by atoms with E-state index in [-0.39, 0.29) is 22.8 Å². The number of rotatable bonds is 7. The molecule has 214 valence electrons. The summed E-state index contributed by atoms with van der Waals surface area (Å²) in [7, 11) is 3.19. The minimum atomic E-state index is -0.611. The molecule has 0 aliphatic heterocycles. The number of nitrogens with two attached hydrogens (primary N) is 1. The molecule has 0 bridgehead atoms. The average Bonchev–Trinajstić information content (AvgIpc) is 3.31. The van der Waals surface area contributed by atoms with Crippen LogP contribution < -0.4 is 21.3 Å². The third-order valence-electron chi connectivity index (χ3n) is 6.74. The Hall–Kier alpha value is -5.95. The first-order valence-electron chi connectivity index (χ1n) is 13.4. The zero-order valence-corrected chi connectivity index (χ0v) is 23.9. The van der Waals surface area contributed by atoms with E-state index in [2.05, 4.69) is 38.8 Å². The minimum Gasteiger partial charge on any atom is -0.481 e. The number of hydrogen-bond acceptors (Lipinski definition) is 7. The number of amides is 1. The summed E-state index contributed by atoms with van der Waals surface area (Å²) in [5.41, 5.74) is 8.42. The van der Waals surface area contributed by atoms with Gasteiger partial charge in [-0.15, -0.1) is 0 Å². The van der Waals surface area contributed by atoms with E-state index < -0.39 is 11.9 Å². The van der Waals surface area contributed by atoms with Crippen molar-refractivity contribution >= 4 is 34.5 Å². The molecule has 0 fully saturated rings. The van der Waals surface area contributed by atoms with E-state index in [0.29, 0.717) is 39.2 Å². The van der Waals surface area contributed by atoms with Gasteiger partial charge < -0.3 is 15.8 Å². The van der Waals surface area contributed by atoms with Crippen molar-refractivity contribution in [3.63, 3.8) is 0 Å². The molecule has 1 unspecified atom stereocenters. The fourth-order valence-corrected chi connectivity index (χ4v) is 4.75. The number of nitrogens with zero attached hydrogens (tertiary/aromatic N) is 5. The van der Waals surface area contributed by atoms with Crippen LogP contribution in [0.5, 0.6) is 5.88 Å². The molecule has 3 N–H and O–H groups in total. The standard InChI is InChI=1S/C33H29N7O3/c1-5-17-36-31-29(30(34)38-39(31)3)32(41)37-21(2)26-20-24-11-9-10-23(15-14-22-16-18-35-27(19-22)43-4)28(24)33(42)40(26)25-12-7-6-8-13-25/h5-13,16-21H,1H2,2-4H3,(H2,34,38)(H,37,41)/b36-17-. The zero-order valence-electron chi connectivity index (χ0n) is 23.9. The van der Waals surface area contributed by atoms with E-state index in [1.54, 1.807) is 44.0 Å². The molecule has 3 heterocycles. The lowest BCUT2D eigenvalue weighted by atomic mass is 10.0. The highest BCUT2D eigenvalue weighted by molar-refractivity contribution is 6.03. The van der Waals surface area contributed by atoms with Crippen molar-refractivity contribution in [2.24, 2.45) is 12.0 Å². The maximum absolute atomic E-state index is 14.3. The molecule has 5 rings (SSSR count). The molecular formula is C33H29N7O3. The van der Waals surface area contributed by atoms with Crippen LogP contribution in [-0.4, -0.2) is 38.6 Å². The number of hydrogen-bond donors (Lipinski definition) is 2. The van der Waals surface area contributed by atoms with Crippen LogP contribution in [0, 0.1) is 11.8 Å². The lowest BCUT2D eigenvalue weighted by Gasteiger charge is -2.21. The molecule has 5 aromatic rings. The summed E-state index contributed by atoms with van der Waals surface area (Å²) in [5, 5.41) is 8.27. The molecule has 3 aromatic heterocycles. The number of methoxy groups -OCH3 is 1. The molecule has 0 saturated carbocycles. The number of aliphatic imine (C=N–C) groups is 1.